The van der Waals surface area contributed by atoms with Gasteiger partial charge in [-0.25, -0.2) is 4.39 Å². The van der Waals surface area contributed by atoms with Gasteiger partial charge in [0.05, 0.1) is 0 Å². The van der Waals surface area contributed by atoms with E-state index in [-0.39, 0.29) is 11.6 Å². The molecule has 0 aliphatic rings. The molecule has 0 amide bonds. The highest BCUT2D eigenvalue weighted by atomic mass is 19.1. The van der Waals surface area contributed by atoms with Gasteiger partial charge in [-0.05, 0) is 30.7 Å². The second-order valence-electron chi connectivity index (χ2n) is 2.50. The van der Waals surface area contributed by atoms with Crippen LogP contribution in [-0.4, -0.2) is 5.78 Å². The van der Waals surface area contributed by atoms with E-state index < -0.39 is 0 Å². The maximum atomic E-state index is 12.6. The van der Waals surface area contributed by atoms with E-state index in [4.69, 9.17) is 0 Å². The Hall–Kier alpha value is -1.44. The highest BCUT2D eigenvalue weighted by Crippen LogP contribution is 2.04. The summed E-state index contributed by atoms with van der Waals surface area (Å²) in [6, 6.07) is 6.09. The summed E-state index contributed by atoms with van der Waals surface area (Å²) in [4.78, 5) is 10.5. The van der Waals surface area contributed by atoms with Crippen molar-refractivity contribution in [2.45, 2.75) is 6.92 Å². The van der Waals surface area contributed by atoms with Gasteiger partial charge in [0.25, 0.3) is 0 Å². The van der Waals surface area contributed by atoms with Crippen molar-refractivity contribution in [1.82, 2.24) is 0 Å². The van der Waals surface area contributed by atoms with E-state index in [1.165, 1.54) is 25.1 Å². The van der Waals surface area contributed by atoms with Crippen molar-refractivity contribution in [3.05, 3.63) is 41.7 Å². The fourth-order valence-corrected chi connectivity index (χ4v) is 0.824. The van der Waals surface area contributed by atoms with Gasteiger partial charge in [0, 0.05) is 0 Å². The molecule has 0 N–H and O–H groups in total. The van der Waals surface area contributed by atoms with Gasteiger partial charge in [0.1, 0.15) is 5.82 Å². The van der Waals surface area contributed by atoms with Crippen LogP contribution in [0.5, 0.6) is 0 Å². The van der Waals surface area contributed by atoms with Crippen LogP contribution in [0.4, 0.5) is 4.39 Å². The zero-order valence-electron chi connectivity index (χ0n) is 6.75. The van der Waals surface area contributed by atoms with Crippen LogP contribution in [0.15, 0.2) is 30.3 Å². The molecule has 2 heteroatoms. The Labute approximate surface area is 70.5 Å². The van der Waals surface area contributed by atoms with Crippen molar-refractivity contribution in [2.75, 3.05) is 0 Å². The minimum absolute atomic E-state index is 0.0424. The molecule has 0 aromatic heterocycles. The van der Waals surface area contributed by atoms with E-state index in [2.05, 4.69) is 0 Å². The summed E-state index contributed by atoms with van der Waals surface area (Å²) in [5.41, 5.74) is 0.699. The lowest BCUT2D eigenvalue weighted by Crippen LogP contribution is -1.80. The first-order valence-electron chi connectivity index (χ1n) is 3.63. The van der Waals surface area contributed by atoms with Gasteiger partial charge >= 0.3 is 0 Å². The summed E-state index contributed by atoms with van der Waals surface area (Å²) in [7, 11) is 0. The van der Waals surface area contributed by atoms with Crippen LogP contribution < -0.4 is 0 Å². The molecule has 0 saturated heterocycles. The second-order valence-corrected chi connectivity index (χ2v) is 2.50. The number of halogens is 1. The van der Waals surface area contributed by atoms with Gasteiger partial charge in [0.2, 0.25) is 0 Å². The van der Waals surface area contributed by atoms with Crippen LogP contribution in [0, 0.1) is 5.82 Å². The Kier molecular flexibility index (Phi) is 2.75. The molecule has 0 radical (unpaired) electrons. The Balaban J connectivity index is 2.83. The summed E-state index contributed by atoms with van der Waals surface area (Å²) >= 11 is 0. The van der Waals surface area contributed by atoms with Gasteiger partial charge in [-0.1, -0.05) is 18.2 Å². The lowest BCUT2D eigenvalue weighted by atomic mass is 10.2. The van der Waals surface area contributed by atoms with Crippen LogP contribution >= 0.6 is 0 Å². The molecule has 0 atom stereocenters. The molecule has 62 valence electrons. The quantitative estimate of drug-likeness (QED) is 0.613. The van der Waals surface area contributed by atoms with E-state index in [9.17, 15) is 9.18 Å². The first kappa shape index (κ1) is 8.65. The molecule has 0 aliphatic carbocycles. The topological polar surface area (TPSA) is 17.1 Å². The number of allylic oxidation sites excluding steroid dienone is 1. The monoisotopic (exact) mass is 164 g/mol. The summed E-state index contributed by atoms with van der Waals surface area (Å²) < 4.78 is 12.6. The molecular formula is C10H9FO. The van der Waals surface area contributed by atoms with Crippen LogP contribution in [0.1, 0.15) is 12.5 Å². The average Bonchev–Trinajstić information content (AvgIpc) is 2.01. The van der Waals surface area contributed by atoms with Crippen LogP contribution in [0.3, 0.4) is 0 Å². The maximum absolute atomic E-state index is 12.6. The molecule has 0 spiro atoms. The van der Waals surface area contributed by atoms with Crippen molar-refractivity contribution in [3.63, 3.8) is 0 Å². The predicted octanol–water partition coefficient (Wildman–Crippen LogP) is 2.43. The Bertz CT molecular complexity index is 315. The molecule has 0 unspecified atom stereocenters. The summed E-state index contributed by atoms with van der Waals surface area (Å²) in [5.74, 6) is -0.333. The van der Waals surface area contributed by atoms with Crippen LogP contribution in [0.25, 0.3) is 6.08 Å². The summed E-state index contributed by atoms with van der Waals surface area (Å²) in [5, 5.41) is 0. The van der Waals surface area contributed by atoms with Gasteiger partial charge in [-0.15, -0.1) is 0 Å². The average molecular weight is 164 g/mol. The third-order valence-corrected chi connectivity index (χ3v) is 1.36. The van der Waals surface area contributed by atoms with Crippen molar-refractivity contribution in [3.8, 4) is 0 Å². The number of hydrogen-bond acceptors (Lipinski definition) is 1. The zero-order chi connectivity index (χ0) is 8.97. The minimum Gasteiger partial charge on any atom is -0.295 e. The first-order valence-corrected chi connectivity index (χ1v) is 3.63. The molecule has 12 heavy (non-hydrogen) atoms. The number of carbonyl (C=O) groups excluding carboxylic acids is 1. The molecule has 0 heterocycles. The number of ketones is 1. The molecule has 1 rings (SSSR count). The van der Waals surface area contributed by atoms with E-state index in [0.29, 0.717) is 5.56 Å². The molecule has 0 saturated carbocycles. The van der Waals surface area contributed by atoms with Crippen molar-refractivity contribution in [1.29, 1.82) is 0 Å². The number of hydrogen-bond donors (Lipinski definition) is 0. The minimum atomic E-state index is -0.291. The molecule has 1 aromatic carbocycles. The van der Waals surface area contributed by atoms with Gasteiger partial charge < -0.3 is 0 Å². The van der Waals surface area contributed by atoms with Gasteiger partial charge in [-0.3, -0.25) is 4.79 Å². The number of benzene rings is 1. The number of rotatable bonds is 2. The van der Waals surface area contributed by atoms with Crippen LogP contribution in [-0.2, 0) is 4.79 Å². The summed E-state index contributed by atoms with van der Waals surface area (Å²) in [6.45, 7) is 1.45. The van der Waals surface area contributed by atoms with Crippen molar-refractivity contribution in [2.24, 2.45) is 0 Å². The third-order valence-electron chi connectivity index (χ3n) is 1.36. The molecule has 1 nitrogen and oxygen atoms in total. The van der Waals surface area contributed by atoms with E-state index in [1.807, 2.05) is 0 Å². The number of carbonyl (C=O) groups is 1. The SMILES string of the molecule is CC(=O)/C=C\c1cccc(F)c1. The molecular weight excluding hydrogens is 155 g/mol. The molecule has 0 bridgehead atoms. The standard InChI is InChI=1S/C10H9FO/c1-8(12)5-6-9-3-2-4-10(11)7-9/h2-7H,1H3/b6-5-. The normalized spacial score (nSPS) is 10.5. The molecule has 0 aliphatic heterocycles. The fourth-order valence-electron chi connectivity index (χ4n) is 0.824. The Morgan fingerprint density at radius 2 is 2.25 bits per heavy atom. The van der Waals surface area contributed by atoms with Crippen LogP contribution in [0.2, 0.25) is 0 Å². The maximum Gasteiger partial charge on any atom is 0.152 e. The van der Waals surface area contributed by atoms with Gasteiger partial charge in [-0.2, -0.15) is 0 Å². The van der Waals surface area contributed by atoms with Crippen molar-refractivity contribution < 1.29 is 9.18 Å². The third kappa shape index (κ3) is 2.66. The fraction of sp³-hybridized carbons (Fsp3) is 0.100. The summed E-state index contributed by atoms with van der Waals surface area (Å²) in [6.07, 6.45) is 3.00. The molecule has 1 aromatic rings. The molecule has 0 fully saturated rings. The predicted molar refractivity (Wildman–Crippen MR) is 46.1 cm³/mol. The first-order chi connectivity index (χ1) is 5.68. The lowest BCUT2D eigenvalue weighted by Gasteiger charge is -1.91. The van der Waals surface area contributed by atoms with E-state index in [1.54, 1.807) is 18.2 Å². The van der Waals surface area contributed by atoms with E-state index in [0.717, 1.165) is 0 Å². The Morgan fingerprint density at radius 3 is 2.83 bits per heavy atom. The van der Waals surface area contributed by atoms with E-state index >= 15 is 0 Å². The van der Waals surface area contributed by atoms with Gasteiger partial charge in [0.15, 0.2) is 5.78 Å². The second kappa shape index (κ2) is 3.81. The zero-order valence-corrected chi connectivity index (χ0v) is 6.75. The largest absolute Gasteiger partial charge is 0.295 e. The smallest absolute Gasteiger partial charge is 0.152 e. The van der Waals surface area contributed by atoms with Crippen molar-refractivity contribution >= 4 is 11.9 Å². The highest BCUT2D eigenvalue weighted by Gasteiger charge is 1.90. The highest BCUT2D eigenvalue weighted by molar-refractivity contribution is 5.91. The lowest BCUT2D eigenvalue weighted by molar-refractivity contribution is -0.112. The Morgan fingerprint density at radius 1 is 1.50 bits per heavy atom.